The van der Waals surface area contributed by atoms with Gasteiger partial charge in [0.1, 0.15) is 0 Å². The first-order valence-electron chi connectivity index (χ1n) is 4.31. The lowest BCUT2D eigenvalue weighted by Gasteiger charge is -2.26. The number of aliphatic hydroxyl groups excluding tert-OH is 1. The van der Waals surface area contributed by atoms with Crippen LogP contribution in [0, 0.1) is 5.92 Å². The van der Waals surface area contributed by atoms with Crippen LogP contribution in [0.4, 0.5) is 0 Å². The lowest BCUT2D eigenvalue weighted by Crippen LogP contribution is -2.45. The molecule has 0 aromatic carbocycles. The van der Waals surface area contributed by atoms with Crippen LogP contribution >= 0.6 is 0 Å². The van der Waals surface area contributed by atoms with Crippen molar-refractivity contribution in [3.8, 4) is 0 Å². The van der Waals surface area contributed by atoms with E-state index < -0.39 is 5.54 Å². The first kappa shape index (κ1) is 10.9. The molecule has 0 aliphatic heterocycles. The minimum atomic E-state index is -0.450. The molecule has 0 aromatic heterocycles. The summed E-state index contributed by atoms with van der Waals surface area (Å²) >= 11 is 0. The fraction of sp³-hybridized carbons (Fsp3) is 1.00. The molecule has 2 heteroatoms. The lowest BCUT2D eigenvalue weighted by molar-refractivity contribution is 0.0897. The molecular weight excluding hydrogens is 138 g/mol. The van der Waals surface area contributed by atoms with Gasteiger partial charge in [-0.15, -0.1) is 0 Å². The molecule has 0 heterocycles. The number of nitrogens with two attached hydrogens (primary N) is 1. The number of hydrogen-bond donors (Lipinski definition) is 2. The fourth-order valence-corrected chi connectivity index (χ4v) is 0.863. The van der Waals surface area contributed by atoms with E-state index in [-0.39, 0.29) is 6.10 Å². The van der Waals surface area contributed by atoms with Crippen molar-refractivity contribution >= 4 is 0 Å². The van der Waals surface area contributed by atoms with Crippen molar-refractivity contribution in [3.63, 3.8) is 0 Å². The monoisotopic (exact) mass is 159 g/mol. The summed E-state index contributed by atoms with van der Waals surface area (Å²) in [5.74, 6) is 0.645. The molecule has 0 rings (SSSR count). The van der Waals surface area contributed by atoms with Gasteiger partial charge in [-0.25, -0.2) is 0 Å². The number of rotatable bonds is 4. The van der Waals surface area contributed by atoms with E-state index in [0.717, 1.165) is 12.8 Å². The van der Waals surface area contributed by atoms with E-state index >= 15 is 0 Å². The normalized spacial score (nSPS) is 15.5. The molecule has 0 saturated heterocycles. The summed E-state index contributed by atoms with van der Waals surface area (Å²) < 4.78 is 0. The predicted octanol–water partition coefficient (Wildman–Crippen LogP) is 1.52. The zero-order valence-corrected chi connectivity index (χ0v) is 8.09. The van der Waals surface area contributed by atoms with Crippen LogP contribution in [0.3, 0.4) is 0 Å². The van der Waals surface area contributed by atoms with Crippen LogP contribution in [-0.2, 0) is 0 Å². The summed E-state index contributed by atoms with van der Waals surface area (Å²) in [6.45, 7) is 8.02. The van der Waals surface area contributed by atoms with E-state index in [4.69, 9.17) is 5.73 Å². The third kappa shape index (κ3) is 5.22. The average molecular weight is 159 g/mol. The molecule has 1 unspecified atom stereocenters. The van der Waals surface area contributed by atoms with Gasteiger partial charge < -0.3 is 10.8 Å². The van der Waals surface area contributed by atoms with Crippen LogP contribution < -0.4 is 5.73 Å². The topological polar surface area (TPSA) is 46.2 Å². The zero-order chi connectivity index (χ0) is 9.07. The van der Waals surface area contributed by atoms with Crippen molar-refractivity contribution in [1.29, 1.82) is 0 Å². The van der Waals surface area contributed by atoms with Gasteiger partial charge in [0.2, 0.25) is 0 Å². The molecule has 0 fully saturated rings. The summed E-state index contributed by atoms with van der Waals surface area (Å²) in [5.41, 5.74) is 5.27. The van der Waals surface area contributed by atoms with Gasteiger partial charge in [-0.3, -0.25) is 0 Å². The molecule has 2 nitrogen and oxygen atoms in total. The Balaban J connectivity index is 3.61. The molecule has 1 atom stereocenters. The molecule has 0 aliphatic carbocycles. The van der Waals surface area contributed by atoms with Crippen LogP contribution in [0.25, 0.3) is 0 Å². The predicted molar refractivity (Wildman–Crippen MR) is 48.3 cm³/mol. The van der Waals surface area contributed by atoms with Crippen molar-refractivity contribution < 1.29 is 5.11 Å². The Morgan fingerprint density at radius 3 is 2.00 bits per heavy atom. The van der Waals surface area contributed by atoms with E-state index in [2.05, 4.69) is 13.8 Å². The highest BCUT2D eigenvalue weighted by Gasteiger charge is 2.21. The highest BCUT2D eigenvalue weighted by Crippen LogP contribution is 2.14. The van der Waals surface area contributed by atoms with Crippen LogP contribution in [-0.4, -0.2) is 16.7 Å². The SMILES string of the molecule is CC(C)CCC(O)C(C)(C)N. The zero-order valence-electron chi connectivity index (χ0n) is 8.09. The highest BCUT2D eigenvalue weighted by atomic mass is 16.3. The Bertz CT molecular complexity index is 105. The van der Waals surface area contributed by atoms with Gasteiger partial charge in [-0.05, 0) is 32.6 Å². The van der Waals surface area contributed by atoms with Crippen molar-refractivity contribution in [2.75, 3.05) is 0 Å². The summed E-state index contributed by atoms with van der Waals surface area (Å²) in [4.78, 5) is 0. The summed E-state index contributed by atoms with van der Waals surface area (Å²) in [6, 6.07) is 0. The van der Waals surface area contributed by atoms with Gasteiger partial charge in [0.05, 0.1) is 6.10 Å². The number of aliphatic hydroxyl groups is 1. The molecule has 0 radical (unpaired) electrons. The lowest BCUT2D eigenvalue weighted by atomic mass is 9.92. The van der Waals surface area contributed by atoms with Crippen LogP contribution in [0.15, 0.2) is 0 Å². The Labute approximate surface area is 69.8 Å². The van der Waals surface area contributed by atoms with Crippen LogP contribution in [0.1, 0.15) is 40.5 Å². The Kier molecular flexibility index (Phi) is 4.04. The third-order valence-electron chi connectivity index (χ3n) is 1.88. The minimum absolute atomic E-state index is 0.370. The van der Waals surface area contributed by atoms with E-state index in [1.165, 1.54) is 0 Å². The molecule has 0 bridgehead atoms. The maximum Gasteiger partial charge on any atom is 0.0714 e. The summed E-state index contributed by atoms with van der Waals surface area (Å²) in [7, 11) is 0. The molecule has 0 saturated carbocycles. The third-order valence-corrected chi connectivity index (χ3v) is 1.88. The van der Waals surface area contributed by atoms with Gasteiger partial charge in [0.25, 0.3) is 0 Å². The molecule has 0 aliphatic rings. The summed E-state index contributed by atoms with van der Waals surface area (Å²) in [6.07, 6.45) is 1.48. The second kappa shape index (κ2) is 4.07. The smallest absolute Gasteiger partial charge is 0.0714 e. The van der Waals surface area contributed by atoms with Crippen molar-refractivity contribution in [3.05, 3.63) is 0 Å². The Morgan fingerprint density at radius 1 is 1.27 bits per heavy atom. The second-order valence-corrected chi connectivity index (χ2v) is 4.31. The molecule has 0 spiro atoms. The quantitative estimate of drug-likeness (QED) is 0.653. The standard InChI is InChI=1S/C9H21NO/c1-7(2)5-6-8(11)9(3,4)10/h7-8,11H,5-6,10H2,1-4H3. The Hall–Kier alpha value is -0.0800. The largest absolute Gasteiger partial charge is 0.391 e. The maximum atomic E-state index is 9.51. The van der Waals surface area contributed by atoms with Crippen molar-refractivity contribution in [1.82, 2.24) is 0 Å². The van der Waals surface area contributed by atoms with E-state index in [1.807, 2.05) is 13.8 Å². The first-order valence-corrected chi connectivity index (χ1v) is 4.31. The van der Waals surface area contributed by atoms with Crippen molar-refractivity contribution in [2.24, 2.45) is 11.7 Å². The minimum Gasteiger partial charge on any atom is -0.391 e. The van der Waals surface area contributed by atoms with Gasteiger partial charge in [-0.2, -0.15) is 0 Å². The van der Waals surface area contributed by atoms with Crippen LogP contribution in [0.2, 0.25) is 0 Å². The highest BCUT2D eigenvalue weighted by molar-refractivity contribution is 4.81. The van der Waals surface area contributed by atoms with Crippen molar-refractivity contribution in [2.45, 2.75) is 52.2 Å². The molecule has 68 valence electrons. The van der Waals surface area contributed by atoms with Gasteiger partial charge >= 0.3 is 0 Å². The van der Waals surface area contributed by atoms with Gasteiger partial charge in [-0.1, -0.05) is 13.8 Å². The van der Waals surface area contributed by atoms with E-state index in [1.54, 1.807) is 0 Å². The fourth-order valence-electron chi connectivity index (χ4n) is 0.863. The van der Waals surface area contributed by atoms with Gasteiger partial charge in [0, 0.05) is 5.54 Å². The number of hydrogen-bond acceptors (Lipinski definition) is 2. The van der Waals surface area contributed by atoms with Gasteiger partial charge in [0.15, 0.2) is 0 Å². The molecule has 3 N–H and O–H groups in total. The molecule has 0 aromatic rings. The molecular formula is C9H21NO. The van der Waals surface area contributed by atoms with Crippen LogP contribution in [0.5, 0.6) is 0 Å². The second-order valence-electron chi connectivity index (χ2n) is 4.31. The molecule has 11 heavy (non-hydrogen) atoms. The first-order chi connectivity index (χ1) is 4.84. The Morgan fingerprint density at radius 2 is 1.73 bits per heavy atom. The van der Waals surface area contributed by atoms with E-state index in [0.29, 0.717) is 5.92 Å². The maximum absolute atomic E-state index is 9.51. The molecule has 0 amide bonds. The van der Waals surface area contributed by atoms with E-state index in [9.17, 15) is 5.11 Å². The summed E-state index contributed by atoms with van der Waals surface area (Å²) in [5, 5.41) is 9.51. The average Bonchev–Trinajstić information content (AvgIpc) is 1.80.